The SMILES string of the molecule is COc1ccc(OC)c(C(C)NC(=O)N2CCN(CC(=O)NCc3ccccc3)CC2)c1. The van der Waals surface area contributed by atoms with E-state index in [0.717, 1.165) is 11.1 Å². The van der Waals surface area contributed by atoms with Crippen LogP contribution in [0.15, 0.2) is 48.5 Å². The first-order valence-electron chi connectivity index (χ1n) is 10.8. The summed E-state index contributed by atoms with van der Waals surface area (Å²) in [5.41, 5.74) is 1.93. The van der Waals surface area contributed by atoms with E-state index in [0.29, 0.717) is 50.8 Å². The monoisotopic (exact) mass is 440 g/mol. The summed E-state index contributed by atoms with van der Waals surface area (Å²) in [5, 5.41) is 5.99. The van der Waals surface area contributed by atoms with Crippen molar-refractivity contribution in [2.75, 3.05) is 46.9 Å². The molecule has 1 saturated heterocycles. The number of amides is 3. The molecule has 0 spiro atoms. The standard InChI is InChI=1S/C24H32N4O4/c1-18(21-15-20(31-2)9-10-22(21)32-3)26-24(30)28-13-11-27(12-14-28)17-23(29)25-16-19-7-5-4-6-8-19/h4-10,15,18H,11-14,16-17H2,1-3H3,(H,25,29)(H,26,30). The van der Waals surface area contributed by atoms with Gasteiger partial charge < -0.3 is 25.0 Å². The summed E-state index contributed by atoms with van der Waals surface area (Å²) in [4.78, 5) is 28.9. The number of piperazine rings is 1. The molecule has 1 unspecified atom stereocenters. The number of ether oxygens (including phenoxy) is 2. The second-order valence-electron chi connectivity index (χ2n) is 7.80. The van der Waals surface area contributed by atoms with E-state index in [4.69, 9.17) is 9.47 Å². The van der Waals surface area contributed by atoms with Crippen molar-refractivity contribution in [1.29, 1.82) is 0 Å². The van der Waals surface area contributed by atoms with Crippen LogP contribution in [0.25, 0.3) is 0 Å². The van der Waals surface area contributed by atoms with E-state index in [9.17, 15) is 9.59 Å². The van der Waals surface area contributed by atoms with Crippen LogP contribution in [0.1, 0.15) is 24.1 Å². The van der Waals surface area contributed by atoms with Gasteiger partial charge in [0.2, 0.25) is 5.91 Å². The van der Waals surface area contributed by atoms with E-state index in [1.54, 1.807) is 19.1 Å². The fraction of sp³-hybridized carbons (Fsp3) is 0.417. The maximum Gasteiger partial charge on any atom is 0.317 e. The molecule has 1 fully saturated rings. The molecule has 0 aliphatic carbocycles. The lowest BCUT2D eigenvalue weighted by molar-refractivity contribution is -0.122. The van der Waals surface area contributed by atoms with Crippen molar-refractivity contribution in [3.63, 3.8) is 0 Å². The maximum atomic E-state index is 12.8. The Bertz CT molecular complexity index is 898. The summed E-state index contributed by atoms with van der Waals surface area (Å²) in [5.74, 6) is 1.40. The molecule has 0 bridgehead atoms. The fourth-order valence-corrected chi connectivity index (χ4v) is 3.70. The summed E-state index contributed by atoms with van der Waals surface area (Å²) in [6.45, 7) is 5.22. The number of hydrogen-bond donors (Lipinski definition) is 2. The van der Waals surface area contributed by atoms with Gasteiger partial charge in [-0.25, -0.2) is 4.79 Å². The molecular formula is C24H32N4O4. The highest BCUT2D eigenvalue weighted by molar-refractivity contribution is 5.78. The lowest BCUT2D eigenvalue weighted by Gasteiger charge is -2.35. The van der Waals surface area contributed by atoms with Gasteiger partial charge in [-0.1, -0.05) is 30.3 Å². The smallest absolute Gasteiger partial charge is 0.317 e. The largest absolute Gasteiger partial charge is 0.497 e. The van der Waals surface area contributed by atoms with Crippen LogP contribution >= 0.6 is 0 Å². The maximum absolute atomic E-state index is 12.8. The van der Waals surface area contributed by atoms with Crippen molar-refractivity contribution in [3.8, 4) is 11.5 Å². The molecule has 3 rings (SSSR count). The number of nitrogens with zero attached hydrogens (tertiary/aromatic N) is 2. The van der Waals surface area contributed by atoms with Gasteiger partial charge in [-0.3, -0.25) is 9.69 Å². The van der Waals surface area contributed by atoms with E-state index < -0.39 is 0 Å². The number of carbonyl (C=O) groups excluding carboxylic acids is 2. The van der Waals surface area contributed by atoms with Crippen LogP contribution in [0.4, 0.5) is 4.79 Å². The van der Waals surface area contributed by atoms with Gasteiger partial charge in [0, 0.05) is 38.3 Å². The van der Waals surface area contributed by atoms with E-state index in [1.807, 2.05) is 55.5 Å². The molecule has 0 radical (unpaired) electrons. The summed E-state index contributed by atoms with van der Waals surface area (Å²) < 4.78 is 10.7. The van der Waals surface area contributed by atoms with Crippen molar-refractivity contribution >= 4 is 11.9 Å². The molecule has 2 aromatic rings. The van der Waals surface area contributed by atoms with Crippen molar-refractivity contribution in [2.45, 2.75) is 19.5 Å². The third-order valence-electron chi connectivity index (χ3n) is 5.60. The lowest BCUT2D eigenvalue weighted by atomic mass is 10.1. The Balaban J connectivity index is 1.44. The van der Waals surface area contributed by atoms with Gasteiger partial charge in [0.1, 0.15) is 11.5 Å². The molecule has 2 N–H and O–H groups in total. The van der Waals surface area contributed by atoms with Crippen molar-refractivity contribution in [1.82, 2.24) is 20.4 Å². The van der Waals surface area contributed by atoms with Gasteiger partial charge in [0.05, 0.1) is 26.8 Å². The predicted molar refractivity (Wildman–Crippen MR) is 123 cm³/mol. The number of nitrogens with one attached hydrogen (secondary N) is 2. The minimum Gasteiger partial charge on any atom is -0.497 e. The highest BCUT2D eigenvalue weighted by atomic mass is 16.5. The van der Waals surface area contributed by atoms with Gasteiger partial charge in [0.15, 0.2) is 0 Å². The molecule has 1 aliphatic heterocycles. The third kappa shape index (κ3) is 6.37. The first-order valence-corrected chi connectivity index (χ1v) is 10.8. The number of methoxy groups -OCH3 is 2. The van der Waals surface area contributed by atoms with E-state index in [-0.39, 0.29) is 18.0 Å². The molecule has 8 nitrogen and oxygen atoms in total. The minimum absolute atomic E-state index is 0.00880. The van der Waals surface area contributed by atoms with E-state index >= 15 is 0 Å². The second kappa shape index (κ2) is 11.4. The molecular weight excluding hydrogens is 408 g/mol. The van der Waals surface area contributed by atoms with Gasteiger partial charge in [-0.2, -0.15) is 0 Å². The topological polar surface area (TPSA) is 83.1 Å². The van der Waals surface area contributed by atoms with Crippen LogP contribution in [-0.2, 0) is 11.3 Å². The average Bonchev–Trinajstić information content (AvgIpc) is 2.83. The van der Waals surface area contributed by atoms with Gasteiger partial charge in [-0.05, 0) is 30.7 Å². The molecule has 1 aliphatic rings. The molecule has 1 heterocycles. The Morgan fingerprint density at radius 3 is 2.38 bits per heavy atom. The average molecular weight is 441 g/mol. The Morgan fingerprint density at radius 1 is 1.00 bits per heavy atom. The molecule has 172 valence electrons. The normalized spacial score (nSPS) is 15.0. The fourth-order valence-electron chi connectivity index (χ4n) is 3.70. The van der Waals surface area contributed by atoms with Gasteiger partial charge in [-0.15, -0.1) is 0 Å². The summed E-state index contributed by atoms with van der Waals surface area (Å²) in [6.07, 6.45) is 0. The molecule has 8 heteroatoms. The van der Waals surface area contributed by atoms with E-state index in [1.165, 1.54) is 0 Å². The molecule has 32 heavy (non-hydrogen) atoms. The summed E-state index contributed by atoms with van der Waals surface area (Å²) >= 11 is 0. The lowest BCUT2D eigenvalue weighted by Crippen LogP contribution is -2.53. The highest BCUT2D eigenvalue weighted by Gasteiger charge is 2.24. The highest BCUT2D eigenvalue weighted by Crippen LogP contribution is 2.29. The summed E-state index contributed by atoms with van der Waals surface area (Å²) in [6, 6.07) is 15.0. The number of urea groups is 1. The Kier molecular flexibility index (Phi) is 8.33. The first kappa shape index (κ1) is 23.4. The first-order chi connectivity index (χ1) is 15.5. The Labute approximate surface area is 189 Å². The zero-order chi connectivity index (χ0) is 22.9. The van der Waals surface area contributed by atoms with Crippen molar-refractivity contribution < 1.29 is 19.1 Å². The van der Waals surface area contributed by atoms with E-state index in [2.05, 4.69) is 15.5 Å². The van der Waals surface area contributed by atoms with Crippen LogP contribution in [-0.4, -0.2) is 68.7 Å². The zero-order valence-electron chi connectivity index (χ0n) is 19.0. The Hall–Kier alpha value is -3.26. The number of hydrogen-bond acceptors (Lipinski definition) is 5. The number of rotatable bonds is 8. The van der Waals surface area contributed by atoms with Crippen molar-refractivity contribution in [2.24, 2.45) is 0 Å². The zero-order valence-corrected chi connectivity index (χ0v) is 19.0. The van der Waals surface area contributed by atoms with Gasteiger partial charge >= 0.3 is 6.03 Å². The number of carbonyl (C=O) groups is 2. The molecule has 0 saturated carbocycles. The quantitative estimate of drug-likeness (QED) is 0.659. The van der Waals surface area contributed by atoms with Crippen LogP contribution in [0.2, 0.25) is 0 Å². The molecule has 0 aromatic heterocycles. The van der Waals surface area contributed by atoms with Gasteiger partial charge in [0.25, 0.3) is 0 Å². The second-order valence-corrected chi connectivity index (χ2v) is 7.80. The van der Waals surface area contributed by atoms with Crippen LogP contribution < -0.4 is 20.1 Å². The minimum atomic E-state index is -0.241. The summed E-state index contributed by atoms with van der Waals surface area (Å²) in [7, 11) is 3.21. The third-order valence-corrected chi connectivity index (χ3v) is 5.60. The molecule has 2 aromatic carbocycles. The number of benzene rings is 2. The van der Waals surface area contributed by atoms with Crippen molar-refractivity contribution in [3.05, 3.63) is 59.7 Å². The molecule has 3 amide bonds. The molecule has 1 atom stereocenters. The Morgan fingerprint density at radius 2 is 1.72 bits per heavy atom. The van der Waals surface area contributed by atoms with Crippen LogP contribution in [0, 0.1) is 0 Å². The van der Waals surface area contributed by atoms with Crippen LogP contribution in [0.3, 0.4) is 0 Å². The van der Waals surface area contributed by atoms with Crippen LogP contribution in [0.5, 0.6) is 11.5 Å². The predicted octanol–water partition coefficient (Wildman–Crippen LogP) is 2.41.